The molecule has 0 unspecified atom stereocenters. The van der Waals surface area contributed by atoms with Gasteiger partial charge in [0.2, 0.25) is 0 Å². The number of Topliss-reactive ketones (excluding diaryl/α,β-unsaturated/α-hetero) is 1. The van der Waals surface area contributed by atoms with Gasteiger partial charge >= 0.3 is 0 Å². The van der Waals surface area contributed by atoms with Gasteiger partial charge < -0.3 is 0 Å². The number of hydrogen-bond acceptors (Lipinski definition) is 1. The van der Waals surface area contributed by atoms with E-state index in [0.717, 1.165) is 51.4 Å². The highest BCUT2D eigenvalue weighted by Crippen LogP contribution is 2.07. The SMILES string of the molecule is CCC/C=C\C/C=C\C/C=C\C/C=C\C/C=C\C/C=C\CCC(=O)CCC(C)C. The average Bonchev–Trinajstić information content (AvgIpc) is 2.70. The zero-order chi connectivity index (χ0) is 21.4. The molecule has 0 heterocycles. The average molecular weight is 397 g/mol. The van der Waals surface area contributed by atoms with Crippen LogP contribution in [-0.2, 0) is 4.79 Å². The number of carbonyl (C=O) groups excluding carboxylic acids is 1. The maximum Gasteiger partial charge on any atom is 0.133 e. The van der Waals surface area contributed by atoms with Crippen LogP contribution in [0.3, 0.4) is 0 Å². The molecule has 0 bridgehead atoms. The van der Waals surface area contributed by atoms with Gasteiger partial charge in [0.1, 0.15) is 5.78 Å². The van der Waals surface area contributed by atoms with Crippen LogP contribution >= 0.6 is 0 Å². The number of rotatable bonds is 18. The third-order valence-corrected chi connectivity index (χ3v) is 4.41. The normalized spacial score (nSPS) is 13.1. The summed E-state index contributed by atoms with van der Waals surface area (Å²) in [7, 11) is 0. The summed E-state index contributed by atoms with van der Waals surface area (Å²) in [6.07, 6.45) is 37.3. The molecule has 0 saturated carbocycles. The predicted octanol–water partition coefficient (Wildman–Crippen LogP) is 8.86. The van der Waals surface area contributed by atoms with Crippen molar-refractivity contribution in [2.45, 2.75) is 91.4 Å². The maximum atomic E-state index is 11.7. The number of carbonyl (C=O) groups is 1. The molecule has 0 amide bonds. The first-order valence-electron chi connectivity index (χ1n) is 11.6. The molecule has 0 atom stereocenters. The molecule has 0 saturated heterocycles. The van der Waals surface area contributed by atoms with E-state index in [9.17, 15) is 4.79 Å². The molecule has 29 heavy (non-hydrogen) atoms. The van der Waals surface area contributed by atoms with Crippen LogP contribution in [0, 0.1) is 5.92 Å². The summed E-state index contributed by atoms with van der Waals surface area (Å²) in [5.41, 5.74) is 0. The molecular weight excluding hydrogens is 352 g/mol. The van der Waals surface area contributed by atoms with E-state index in [1.54, 1.807) is 0 Å². The van der Waals surface area contributed by atoms with Gasteiger partial charge in [0.15, 0.2) is 0 Å². The van der Waals surface area contributed by atoms with E-state index in [2.05, 4.69) is 93.7 Å². The van der Waals surface area contributed by atoms with E-state index in [1.165, 1.54) is 12.8 Å². The standard InChI is InChI=1S/C28H44O/c1-4-5-6-7-8-9-10-11-12-13-14-15-16-17-18-19-20-21-22-23-24-28(29)26-25-27(2)3/h6-7,9-10,12-13,15-16,18-19,21-22,27H,4-5,8,11,14,17,20,23-26H2,1-3H3/b7-6-,10-9-,13-12-,16-15-,19-18-,22-21-. The smallest absolute Gasteiger partial charge is 0.133 e. The van der Waals surface area contributed by atoms with Crippen molar-refractivity contribution in [2.75, 3.05) is 0 Å². The van der Waals surface area contributed by atoms with E-state index in [1.807, 2.05) is 0 Å². The van der Waals surface area contributed by atoms with Crippen molar-refractivity contribution in [3.63, 3.8) is 0 Å². The molecule has 0 aliphatic heterocycles. The molecule has 1 nitrogen and oxygen atoms in total. The van der Waals surface area contributed by atoms with Gasteiger partial charge in [0, 0.05) is 12.8 Å². The molecule has 1 heteroatoms. The maximum absolute atomic E-state index is 11.7. The first-order valence-corrected chi connectivity index (χ1v) is 11.6. The van der Waals surface area contributed by atoms with Gasteiger partial charge in [-0.1, -0.05) is 100 Å². The summed E-state index contributed by atoms with van der Waals surface area (Å²) in [5.74, 6) is 1.02. The molecule has 0 rings (SSSR count). The number of unbranched alkanes of at least 4 members (excludes halogenated alkanes) is 1. The first-order chi connectivity index (χ1) is 14.2. The van der Waals surface area contributed by atoms with Gasteiger partial charge in [0.25, 0.3) is 0 Å². The van der Waals surface area contributed by atoms with Crippen LogP contribution in [0.4, 0.5) is 0 Å². The van der Waals surface area contributed by atoms with Crippen LogP contribution < -0.4 is 0 Å². The van der Waals surface area contributed by atoms with Crippen molar-refractivity contribution in [3.05, 3.63) is 72.9 Å². The monoisotopic (exact) mass is 396 g/mol. The minimum absolute atomic E-state index is 0.397. The lowest BCUT2D eigenvalue weighted by molar-refractivity contribution is -0.119. The Bertz CT molecular complexity index is 541. The van der Waals surface area contributed by atoms with Crippen molar-refractivity contribution in [3.8, 4) is 0 Å². The zero-order valence-corrected chi connectivity index (χ0v) is 19.2. The van der Waals surface area contributed by atoms with Crippen LogP contribution in [0.1, 0.15) is 91.4 Å². The lowest BCUT2D eigenvalue weighted by atomic mass is 10.0. The molecule has 0 spiro atoms. The number of hydrogen-bond donors (Lipinski definition) is 0. The fourth-order valence-electron chi connectivity index (χ4n) is 2.58. The summed E-state index contributed by atoms with van der Waals surface area (Å²) in [4.78, 5) is 11.7. The second-order valence-corrected chi connectivity index (χ2v) is 7.81. The van der Waals surface area contributed by atoms with Crippen LogP contribution in [-0.4, -0.2) is 5.78 Å². The Morgan fingerprint density at radius 2 is 0.966 bits per heavy atom. The lowest BCUT2D eigenvalue weighted by Gasteiger charge is -2.02. The second-order valence-electron chi connectivity index (χ2n) is 7.81. The van der Waals surface area contributed by atoms with E-state index in [-0.39, 0.29) is 0 Å². The lowest BCUT2D eigenvalue weighted by Crippen LogP contribution is -1.99. The highest BCUT2D eigenvalue weighted by Gasteiger charge is 2.01. The Balaban J connectivity index is 3.57. The van der Waals surface area contributed by atoms with Gasteiger partial charge in [0.05, 0.1) is 0 Å². The largest absolute Gasteiger partial charge is 0.300 e. The summed E-state index contributed by atoms with van der Waals surface area (Å²) in [6, 6.07) is 0. The van der Waals surface area contributed by atoms with E-state index < -0.39 is 0 Å². The van der Waals surface area contributed by atoms with Crippen molar-refractivity contribution < 1.29 is 4.79 Å². The molecule has 0 fully saturated rings. The van der Waals surface area contributed by atoms with Gasteiger partial charge in [-0.3, -0.25) is 4.79 Å². The van der Waals surface area contributed by atoms with E-state index in [0.29, 0.717) is 18.1 Å². The minimum Gasteiger partial charge on any atom is -0.300 e. The van der Waals surface area contributed by atoms with Gasteiger partial charge in [-0.25, -0.2) is 0 Å². The molecule has 0 aromatic carbocycles. The van der Waals surface area contributed by atoms with Gasteiger partial charge in [-0.2, -0.15) is 0 Å². The topological polar surface area (TPSA) is 17.1 Å². The second kappa shape index (κ2) is 22.4. The van der Waals surface area contributed by atoms with Crippen molar-refractivity contribution >= 4 is 5.78 Å². The Morgan fingerprint density at radius 1 is 0.586 bits per heavy atom. The quantitative estimate of drug-likeness (QED) is 0.211. The molecule has 0 aromatic heterocycles. The third-order valence-electron chi connectivity index (χ3n) is 4.41. The highest BCUT2D eigenvalue weighted by molar-refractivity contribution is 5.78. The molecule has 162 valence electrons. The molecular formula is C28H44O. The predicted molar refractivity (Wildman–Crippen MR) is 131 cm³/mol. The van der Waals surface area contributed by atoms with Crippen LogP contribution in [0.25, 0.3) is 0 Å². The summed E-state index contributed by atoms with van der Waals surface area (Å²) in [6.45, 7) is 6.54. The first kappa shape index (κ1) is 27.1. The molecule has 0 aliphatic carbocycles. The zero-order valence-electron chi connectivity index (χ0n) is 19.2. The van der Waals surface area contributed by atoms with E-state index >= 15 is 0 Å². The van der Waals surface area contributed by atoms with Crippen molar-refractivity contribution in [2.24, 2.45) is 5.92 Å². The fourth-order valence-corrected chi connectivity index (χ4v) is 2.58. The van der Waals surface area contributed by atoms with E-state index in [4.69, 9.17) is 0 Å². The van der Waals surface area contributed by atoms with Crippen LogP contribution in [0.15, 0.2) is 72.9 Å². The fraction of sp³-hybridized carbons (Fsp3) is 0.536. The summed E-state index contributed by atoms with van der Waals surface area (Å²) in [5, 5.41) is 0. The van der Waals surface area contributed by atoms with Crippen LogP contribution in [0.2, 0.25) is 0 Å². The highest BCUT2D eigenvalue weighted by atomic mass is 16.1. The molecule has 0 aliphatic rings. The third kappa shape index (κ3) is 24.1. The Kier molecular flexibility index (Phi) is 20.9. The van der Waals surface area contributed by atoms with Crippen molar-refractivity contribution in [1.29, 1.82) is 0 Å². The van der Waals surface area contributed by atoms with Gasteiger partial charge in [-0.15, -0.1) is 0 Å². The Hall–Kier alpha value is -1.89. The van der Waals surface area contributed by atoms with Crippen LogP contribution in [0.5, 0.6) is 0 Å². The number of ketones is 1. The Labute approximate surface area is 181 Å². The molecule has 0 aromatic rings. The molecule has 0 radical (unpaired) electrons. The molecule has 0 N–H and O–H groups in total. The minimum atomic E-state index is 0.397. The summed E-state index contributed by atoms with van der Waals surface area (Å²) < 4.78 is 0. The Morgan fingerprint density at radius 3 is 1.34 bits per heavy atom. The van der Waals surface area contributed by atoms with Crippen molar-refractivity contribution in [1.82, 2.24) is 0 Å². The van der Waals surface area contributed by atoms with Gasteiger partial charge in [-0.05, 0) is 57.3 Å². The summed E-state index contributed by atoms with van der Waals surface area (Å²) >= 11 is 0. The number of allylic oxidation sites excluding steroid dienone is 12.